The van der Waals surface area contributed by atoms with Crippen LogP contribution in [0.15, 0.2) is 17.5 Å². The SMILES string of the molecule is C=C(C)CN(CC)C(=O)c1nc(C(=O)O)cs1. The molecule has 0 fully saturated rings. The fourth-order valence-electron chi connectivity index (χ4n) is 1.26. The molecule has 1 aromatic rings. The Kier molecular flexibility index (Phi) is 4.39. The van der Waals surface area contributed by atoms with Gasteiger partial charge in [0.2, 0.25) is 0 Å². The summed E-state index contributed by atoms with van der Waals surface area (Å²) in [7, 11) is 0. The van der Waals surface area contributed by atoms with Crippen molar-refractivity contribution >= 4 is 23.2 Å². The lowest BCUT2D eigenvalue weighted by Crippen LogP contribution is -2.32. The van der Waals surface area contributed by atoms with Gasteiger partial charge in [-0.1, -0.05) is 12.2 Å². The van der Waals surface area contributed by atoms with Crippen molar-refractivity contribution in [3.8, 4) is 0 Å². The third-order valence-corrected chi connectivity index (χ3v) is 2.87. The predicted octanol–water partition coefficient (Wildman–Crippen LogP) is 1.88. The van der Waals surface area contributed by atoms with Crippen molar-refractivity contribution in [3.63, 3.8) is 0 Å². The molecule has 0 aromatic carbocycles. The summed E-state index contributed by atoms with van der Waals surface area (Å²) in [4.78, 5) is 28.0. The van der Waals surface area contributed by atoms with Crippen molar-refractivity contribution in [1.82, 2.24) is 9.88 Å². The lowest BCUT2D eigenvalue weighted by molar-refractivity contribution is 0.0691. The minimum Gasteiger partial charge on any atom is -0.476 e. The van der Waals surface area contributed by atoms with Crippen LogP contribution < -0.4 is 0 Å². The molecule has 1 N–H and O–H groups in total. The van der Waals surface area contributed by atoms with Crippen molar-refractivity contribution in [3.05, 3.63) is 28.2 Å². The number of hydrogen-bond donors (Lipinski definition) is 1. The zero-order valence-corrected chi connectivity index (χ0v) is 10.6. The number of aromatic nitrogens is 1. The minimum absolute atomic E-state index is 0.0928. The maximum Gasteiger partial charge on any atom is 0.355 e. The molecule has 0 unspecified atom stereocenters. The summed E-state index contributed by atoms with van der Waals surface area (Å²) in [5, 5.41) is 10.3. The molecule has 0 aliphatic rings. The standard InChI is InChI=1S/C11H14N2O3S/c1-4-13(5-7(2)3)10(14)9-12-8(6-17-9)11(15)16/h6H,2,4-5H2,1,3H3,(H,15,16). The number of carbonyl (C=O) groups excluding carboxylic acids is 1. The molecule has 0 saturated carbocycles. The van der Waals surface area contributed by atoms with E-state index < -0.39 is 5.97 Å². The van der Waals surface area contributed by atoms with Crippen LogP contribution in [-0.2, 0) is 0 Å². The Morgan fingerprint density at radius 2 is 2.24 bits per heavy atom. The van der Waals surface area contributed by atoms with E-state index in [-0.39, 0.29) is 16.6 Å². The Balaban J connectivity index is 2.86. The topological polar surface area (TPSA) is 70.5 Å². The number of nitrogens with zero attached hydrogens (tertiary/aromatic N) is 2. The minimum atomic E-state index is -1.12. The van der Waals surface area contributed by atoms with Gasteiger partial charge in [0.1, 0.15) is 0 Å². The second-order valence-electron chi connectivity index (χ2n) is 3.62. The van der Waals surface area contributed by atoms with Gasteiger partial charge in [-0.3, -0.25) is 4.79 Å². The molecule has 0 bridgehead atoms. The van der Waals surface area contributed by atoms with Gasteiger partial charge in [0.05, 0.1) is 0 Å². The van der Waals surface area contributed by atoms with Crippen LogP contribution in [0.5, 0.6) is 0 Å². The van der Waals surface area contributed by atoms with E-state index in [1.165, 1.54) is 5.38 Å². The van der Waals surface area contributed by atoms with Gasteiger partial charge in [-0.15, -0.1) is 11.3 Å². The van der Waals surface area contributed by atoms with Crippen LogP contribution in [0, 0.1) is 0 Å². The third kappa shape index (κ3) is 3.39. The Bertz CT molecular complexity index is 453. The van der Waals surface area contributed by atoms with Crippen LogP contribution in [0.4, 0.5) is 0 Å². The highest BCUT2D eigenvalue weighted by molar-refractivity contribution is 7.11. The molecule has 0 atom stereocenters. The highest BCUT2D eigenvalue weighted by Gasteiger charge is 2.19. The first-order valence-corrected chi connectivity index (χ1v) is 5.96. The third-order valence-electron chi connectivity index (χ3n) is 2.04. The van der Waals surface area contributed by atoms with E-state index in [0.29, 0.717) is 13.1 Å². The Morgan fingerprint density at radius 1 is 1.59 bits per heavy atom. The van der Waals surface area contributed by atoms with Crippen LogP contribution >= 0.6 is 11.3 Å². The number of likely N-dealkylation sites (N-methyl/N-ethyl adjacent to an activating group) is 1. The number of amides is 1. The molecule has 1 aromatic heterocycles. The van der Waals surface area contributed by atoms with Crippen molar-refractivity contribution in [2.75, 3.05) is 13.1 Å². The van der Waals surface area contributed by atoms with Gasteiger partial charge >= 0.3 is 5.97 Å². The molecule has 92 valence electrons. The number of carboxylic acid groups (broad SMARTS) is 1. The van der Waals surface area contributed by atoms with Gasteiger partial charge in [-0.25, -0.2) is 9.78 Å². The van der Waals surface area contributed by atoms with Gasteiger partial charge in [0, 0.05) is 18.5 Å². The highest BCUT2D eigenvalue weighted by atomic mass is 32.1. The Hall–Kier alpha value is -1.69. The molecule has 5 nitrogen and oxygen atoms in total. The first-order valence-electron chi connectivity index (χ1n) is 5.08. The van der Waals surface area contributed by atoms with E-state index in [2.05, 4.69) is 11.6 Å². The number of aromatic carboxylic acids is 1. The van der Waals surface area contributed by atoms with Crippen molar-refractivity contribution in [1.29, 1.82) is 0 Å². The second-order valence-corrected chi connectivity index (χ2v) is 4.48. The van der Waals surface area contributed by atoms with Gasteiger partial charge < -0.3 is 10.0 Å². The first kappa shape index (κ1) is 13.4. The smallest absolute Gasteiger partial charge is 0.355 e. The Morgan fingerprint density at radius 3 is 2.65 bits per heavy atom. The van der Waals surface area contributed by atoms with Crippen LogP contribution in [0.3, 0.4) is 0 Å². The predicted molar refractivity (Wildman–Crippen MR) is 65.5 cm³/mol. The van der Waals surface area contributed by atoms with E-state index in [4.69, 9.17) is 5.11 Å². The summed E-state index contributed by atoms with van der Waals surface area (Å²) in [5.74, 6) is -1.38. The normalized spacial score (nSPS) is 10.0. The molecular weight excluding hydrogens is 240 g/mol. The quantitative estimate of drug-likeness (QED) is 0.814. The summed E-state index contributed by atoms with van der Waals surface area (Å²) < 4.78 is 0. The molecule has 1 heterocycles. The van der Waals surface area contributed by atoms with E-state index in [1.54, 1.807) is 4.90 Å². The van der Waals surface area contributed by atoms with Crippen molar-refractivity contribution < 1.29 is 14.7 Å². The average Bonchev–Trinajstić information content (AvgIpc) is 2.73. The zero-order valence-electron chi connectivity index (χ0n) is 9.77. The van der Waals surface area contributed by atoms with E-state index in [0.717, 1.165) is 16.9 Å². The molecule has 0 radical (unpaired) electrons. The van der Waals surface area contributed by atoms with Gasteiger partial charge in [0.25, 0.3) is 5.91 Å². The fourth-order valence-corrected chi connectivity index (χ4v) is 2.02. The highest BCUT2D eigenvalue weighted by Crippen LogP contribution is 2.13. The number of rotatable bonds is 5. The molecule has 1 amide bonds. The molecule has 0 aliphatic heterocycles. The number of hydrogen-bond acceptors (Lipinski definition) is 4. The molecule has 1 rings (SSSR count). The monoisotopic (exact) mass is 254 g/mol. The van der Waals surface area contributed by atoms with Gasteiger partial charge in [0.15, 0.2) is 10.7 Å². The molecule has 0 saturated heterocycles. The average molecular weight is 254 g/mol. The van der Waals surface area contributed by atoms with Crippen LogP contribution in [-0.4, -0.2) is 40.0 Å². The van der Waals surface area contributed by atoms with Gasteiger partial charge in [-0.2, -0.15) is 0 Å². The maximum absolute atomic E-state index is 12.0. The first-order chi connectivity index (χ1) is 7.95. The van der Waals surface area contributed by atoms with Crippen molar-refractivity contribution in [2.45, 2.75) is 13.8 Å². The number of carboxylic acids is 1. The van der Waals surface area contributed by atoms with E-state index >= 15 is 0 Å². The van der Waals surface area contributed by atoms with Crippen LogP contribution in [0.25, 0.3) is 0 Å². The van der Waals surface area contributed by atoms with Crippen LogP contribution in [0.2, 0.25) is 0 Å². The van der Waals surface area contributed by atoms with E-state index in [9.17, 15) is 9.59 Å². The van der Waals surface area contributed by atoms with E-state index in [1.807, 2.05) is 13.8 Å². The van der Waals surface area contributed by atoms with Crippen LogP contribution in [0.1, 0.15) is 34.1 Å². The Labute approximate surface area is 103 Å². The molecular formula is C11H14N2O3S. The summed E-state index contributed by atoms with van der Waals surface area (Å²) in [6.45, 7) is 8.43. The summed E-state index contributed by atoms with van der Waals surface area (Å²) in [5.41, 5.74) is 0.778. The maximum atomic E-state index is 12.0. The number of thiazole rings is 1. The summed E-state index contributed by atoms with van der Waals surface area (Å²) in [6, 6.07) is 0. The van der Waals surface area contributed by atoms with Gasteiger partial charge in [-0.05, 0) is 13.8 Å². The molecule has 0 aliphatic carbocycles. The fraction of sp³-hybridized carbons (Fsp3) is 0.364. The largest absolute Gasteiger partial charge is 0.476 e. The summed E-state index contributed by atoms with van der Waals surface area (Å²) >= 11 is 1.04. The molecule has 6 heteroatoms. The lowest BCUT2D eigenvalue weighted by atomic mass is 10.3. The summed E-state index contributed by atoms with van der Waals surface area (Å²) in [6.07, 6.45) is 0. The number of carbonyl (C=O) groups is 2. The van der Waals surface area contributed by atoms with Crippen molar-refractivity contribution in [2.24, 2.45) is 0 Å². The molecule has 0 spiro atoms. The molecule has 17 heavy (non-hydrogen) atoms. The second kappa shape index (κ2) is 5.58. The zero-order chi connectivity index (χ0) is 13.0. The lowest BCUT2D eigenvalue weighted by Gasteiger charge is -2.19.